The van der Waals surface area contributed by atoms with Gasteiger partial charge in [0.2, 0.25) is 0 Å². The first-order valence-electron chi connectivity index (χ1n) is 6.75. The van der Waals surface area contributed by atoms with Crippen LogP contribution in [0.5, 0.6) is 5.75 Å². The van der Waals surface area contributed by atoms with Gasteiger partial charge in [-0.05, 0) is 55.8 Å². The predicted octanol–water partition coefficient (Wildman–Crippen LogP) is 3.99. The smallest absolute Gasteiger partial charge is 0.123 e. The molecule has 0 heterocycles. The molecule has 2 aromatic rings. The summed E-state index contributed by atoms with van der Waals surface area (Å²) in [6, 6.07) is 12.9. The molecule has 106 valence electrons. The Kier molecular flexibility index (Phi) is 4.74. The number of halogens is 1. The molecule has 0 aromatic heterocycles. The second kappa shape index (κ2) is 6.53. The predicted molar refractivity (Wildman–Crippen MR) is 79.4 cm³/mol. The number of rotatable bonds is 5. The number of hydrogen-bond acceptors (Lipinski definition) is 2. The van der Waals surface area contributed by atoms with Gasteiger partial charge in [-0.25, -0.2) is 4.39 Å². The van der Waals surface area contributed by atoms with E-state index in [2.05, 4.69) is 24.4 Å². The van der Waals surface area contributed by atoms with Crippen molar-refractivity contribution in [3.8, 4) is 5.75 Å². The lowest BCUT2D eigenvalue weighted by atomic mass is 10.1. The summed E-state index contributed by atoms with van der Waals surface area (Å²) < 4.78 is 18.8. The van der Waals surface area contributed by atoms with Crippen LogP contribution in [0.3, 0.4) is 0 Å². The Hall–Kier alpha value is -1.87. The summed E-state index contributed by atoms with van der Waals surface area (Å²) >= 11 is 0. The van der Waals surface area contributed by atoms with Crippen LogP contribution in [0.1, 0.15) is 29.7 Å². The zero-order valence-electron chi connectivity index (χ0n) is 12.1. The van der Waals surface area contributed by atoms with Gasteiger partial charge in [0.25, 0.3) is 0 Å². The number of nitrogens with one attached hydrogen (secondary N) is 1. The molecule has 0 amide bonds. The van der Waals surface area contributed by atoms with E-state index in [0.717, 1.165) is 16.9 Å². The average molecular weight is 273 g/mol. The fourth-order valence-corrected chi connectivity index (χ4v) is 2.06. The van der Waals surface area contributed by atoms with Crippen LogP contribution in [0.4, 0.5) is 4.39 Å². The van der Waals surface area contributed by atoms with E-state index in [1.54, 1.807) is 6.07 Å². The van der Waals surface area contributed by atoms with Crippen molar-refractivity contribution in [3.05, 3.63) is 65.0 Å². The van der Waals surface area contributed by atoms with Gasteiger partial charge in [-0.3, -0.25) is 0 Å². The zero-order chi connectivity index (χ0) is 14.5. The van der Waals surface area contributed by atoms with Gasteiger partial charge in [0.05, 0.1) is 0 Å². The lowest BCUT2D eigenvalue weighted by molar-refractivity contribution is 0.303. The normalized spacial score (nSPS) is 12.2. The standard InChI is InChI=1S/C17H20FNO/c1-12-9-15(13(2)19-3)7-8-17(12)20-11-14-5-4-6-16(18)10-14/h4-10,13,19H,11H2,1-3H3. The van der Waals surface area contributed by atoms with Crippen molar-refractivity contribution in [2.75, 3.05) is 7.05 Å². The van der Waals surface area contributed by atoms with Crippen molar-refractivity contribution in [1.29, 1.82) is 0 Å². The molecule has 20 heavy (non-hydrogen) atoms. The van der Waals surface area contributed by atoms with Crippen LogP contribution in [0, 0.1) is 12.7 Å². The Morgan fingerprint density at radius 2 is 2.00 bits per heavy atom. The van der Waals surface area contributed by atoms with Gasteiger partial charge in [-0.2, -0.15) is 0 Å². The Labute approximate surface area is 119 Å². The molecule has 3 heteroatoms. The SMILES string of the molecule is CNC(C)c1ccc(OCc2cccc(F)c2)c(C)c1. The number of aryl methyl sites for hydroxylation is 1. The molecular formula is C17H20FNO. The Morgan fingerprint density at radius 1 is 1.20 bits per heavy atom. The largest absolute Gasteiger partial charge is 0.489 e. The van der Waals surface area contributed by atoms with Gasteiger partial charge in [0.1, 0.15) is 18.2 Å². The second-order valence-corrected chi connectivity index (χ2v) is 4.95. The molecule has 1 N–H and O–H groups in total. The Morgan fingerprint density at radius 3 is 2.65 bits per heavy atom. The van der Waals surface area contributed by atoms with Crippen molar-refractivity contribution in [2.45, 2.75) is 26.5 Å². The summed E-state index contributed by atoms with van der Waals surface area (Å²) in [5.41, 5.74) is 3.14. The molecule has 0 saturated carbocycles. The highest BCUT2D eigenvalue weighted by Crippen LogP contribution is 2.23. The minimum absolute atomic E-state index is 0.235. The lowest BCUT2D eigenvalue weighted by Gasteiger charge is -2.14. The molecular weight excluding hydrogens is 253 g/mol. The average Bonchev–Trinajstić information content (AvgIpc) is 2.45. The number of hydrogen-bond donors (Lipinski definition) is 1. The summed E-state index contributed by atoms with van der Waals surface area (Å²) in [6.45, 7) is 4.51. The van der Waals surface area contributed by atoms with Gasteiger partial charge in [0.15, 0.2) is 0 Å². The molecule has 2 aromatic carbocycles. The molecule has 2 rings (SSSR count). The van der Waals surface area contributed by atoms with Crippen LogP contribution in [-0.4, -0.2) is 7.05 Å². The van der Waals surface area contributed by atoms with E-state index in [-0.39, 0.29) is 5.82 Å². The van der Waals surface area contributed by atoms with Gasteiger partial charge in [-0.15, -0.1) is 0 Å². The number of ether oxygens (including phenoxy) is 1. The third-order valence-corrected chi connectivity index (χ3v) is 3.42. The Balaban J connectivity index is 2.07. The highest BCUT2D eigenvalue weighted by Gasteiger charge is 2.06. The van der Waals surface area contributed by atoms with Crippen LogP contribution < -0.4 is 10.1 Å². The molecule has 0 aliphatic carbocycles. The van der Waals surface area contributed by atoms with E-state index in [9.17, 15) is 4.39 Å². The molecule has 1 unspecified atom stereocenters. The van der Waals surface area contributed by atoms with E-state index in [0.29, 0.717) is 12.6 Å². The quantitative estimate of drug-likeness (QED) is 0.889. The molecule has 0 bridgehead atoms. The lowest BCUT2D eigenvalue weighted by Crippen LogP contribution is -2.12. The van der Waals surface area contributed by atoms with Crippen LogP contribution in [0.25, 0.3) is 0 Å². The molecule has 0 spiro atoms. The molecule has 0 aliphatic heterocycles. The molecule has 0 saturated heterocycles. The maximum absolute atomic E-state index is 13.1. The van der Waals surface area contributed by atoms with Crippen molar-refractivity contribution >= 4 is 0 Å². The summed E-state index contributed by atoms with van der Waals surface area (Å²) in [7, 11) is 1.94. The van der Waals surface area contributed by atoms with E-state index >= 15 is 0 Å². The summed E-state index contributed by atoms with van der Waals surface area (Å²) in [4.78, 5) is 0. The van der Waals surface area contributed by atoms with Crippen LogP contribution in [0.2, 0.25) is 0 Å². The highest BCUT2D eigenvalue weighted by molar-refractivity contribution is 5.37. The van der Waals surface area contributed by atoms with Gasteiger partial charge in [0, 0.05) is 6.04 Å². The maximum Gasteiger partial charge on any atom is 0.123 e. The fraction of sp³-hybridized carbons (Fsp3) is 0.294. The summed E-state index contributed by atoms with van der Waals surface area (Å²) in [5.74, 6) is 0.599. The summed E-state index contributed by atoms with van der Waals surface area (Å²) in [6.07, 6.45) is 0. The van der Waals surface area contributed by atoms with E-state index in [1.165, 1.54) is 17.7 Å². The number of benzene rings is 2. The van der Waals surface area contributed by atoms with Gasteiger partial charge >= 0.3 is 0 Å². The molecule has 0 aliphatic rings. The molecule has 1 atom stereocenters. The minimum atomic E-state index is -0.235. The molecule has 0 radical (unpaired) electrons. The van der Waals surface area contributed by atoms with E-state index < -0.39 is 0 Å². The maximum atomic E-state index is 13.1. The Bertz CT molecular complexity index is 583. The third-order valence-electron chi connectivity index (χ3n) is 3.42. The van der Waals surface area contributed by atoms with Crippen molar-refractivity contribution in [3.63, 3.8) is 0 Å². The van der Waals surface area contributed by atoms with Gasteiger partial charge < -0.3 is 10.1 Å². The van der Waals surface area contributed by atoms with Crippen molar-refractivity contribution in [2.24, 2.45) is 0 Å². The molecule has 0 fully saturated rings. The van der Waals surface area contributed by atoms with Crippen LogP contribution >= 0.6 is 0 Å². The topological polar surface area (TPSA) is 21.3 Å². The first-order chi connectivity index (χ1) is 9.60. The first-order valence-corrected chi connectivity index (χ1v) is 6.75. The minimum Gasteiger partial charge on any atom is -0.489 e. The third kappa shape index (κ3) is 3.58. The van der Waals surface area contributed by atoms with E-state index in [4.69, 9.17) is 4.74 Å². The highest BCUT2D eigenvalue weighted by atomic mass is 19.1. The van der Waals surface area contributed by atoms with Crippen molar-refractivity contribution in [1.82, 2.24) is 5.32 Å². The van der Waals surface area contributed by atoms with E-state index in [1.807, 2.05) is 26.1 Å². The fourth-order valence-electron chi connectivity index (χ4n) is 2.06. The zero-order valence-corrected chi connectivity index (χ0v) is 12.1. The van der Waals surface area contributed by atoms with Gasteiger partial charge in [-0.1, -0.05) is 24.3 Å². The van der Waals surface area contributed by atoms with Crippen LogP contribution in [0.15, 0.2) is 42.5 Å². The van der Waals surface area contributed by atoms with Crippen molar-refractivity contribution < 1.29 is 9.13 Å². The second-order valence-electron chi connectivity index (χ2n) is 4.95. The first kappa shape index (κ1) is 14.5. The molecule has 2 nitrogen and oxygen atoms in total. The monoisotopic (exact) mass is 273 g/mol. The summed E-state index contributed by atoms with van der Waals surface area (Å²) in [5, 5.41) is 3.21. The van der Waals surface area contributed by atoms with Crippen LogP contribution in [-0.2, 0) is 6.61 Å².